The number of carbonyl (C=O) groups excluding carboxylic acids is 2. The molecule has 2 rings (SSSR count). The van der Waals surface area contributed by atoms with Gasteiger partial charge in [-0.1, -0.05) is 15.9 Å². The molecule has 0 spiro atoms. The molecule has 0 aliphatic carbocycles. The first-order chi connectivity index (χ1) is 6.15. The van der Waals surface area contributed by atoms with E-state index in [1.165, 1.54) is 7.11 Å². The van der Waals surface area contributed by atoms with Crippen LogP contribution in [0.25, 0.3) is 0 Å². The average molecular weight is 247 g/mol. The van der Waals surface area contributed by atoms with Gasteiger partial charge in [-0.2, -0.15) is 0 Å². The largest absolute Gasteiger partial charge is 0.466 e. The van der Waals surface area contributed by atoms with Gasteiger partial charge >= 0.3 is 5.97 Å². The van der Waals surface area contributed by atoms with Gasteiger partial charge in [-0.15, -0.1) is 0 Å². The second-order valence-electron chi connectivity index (χ2n) is 2.93. The lowest BCUT2D eigenvalue weighted by Crippen LogP contribution is -2.24. The van der Waals surface area contributed by atoms with Gasteiger partial charge in [0.05, 0.1) is 18.8 Å². The highest BCUT2D eigenvalue weighted by molar-refractivity contribution is 9.11. The summed E-state index contributed by atoms with van der Waals surface area (Å²) in [6.45, 7) is 0. The maximum absolute atomic E-state index is 11.2. The maximum Gasteiger partial charge on any atom is 0.337 e. The molecule has 1 saturated heterocycles. The second kappa shape index (κ2) is 2.92. The molecule has 0 aromatic heterocycles. The summed E-state index contributed by atoms with van der Waals surface area (Å²) in [5.74, 6) is -0.541. The first-order valence-electron chi connectivity index (χ1n) is 3.81. The fourth-order valence-electron chi connectivity index (χ4n) is 1.57. The van der Waals surface area contributed by atoms with Crippen LogP contribution in [-0.4, -0.2) is 31.1 Å². The van der Waals surface area contributed by atoms with E-state index in [4.69, 9.17) is 4.74 Å². The Morgan fingerprint density at radius 2 is 2.38 bits per heavy atom. The summed E-state index contributed by atoms with van der Waals surface area (Å²) in [6, 6.07) is 0. The van der Waals surface area contributed by atoms with Crippen molar-refractivity contribution in [2.75, 3.05) is 7.11 Å². The molecule has 4 nitrogen and oxygen atoms in total. The van der Waals surface area contributed by atoms with Gasteiger partial charge in [-0.25, -0.2) is 4.79 Å². The van der Waals surface area contributed by atoms with Crippen molar-refractivity contribution in [3.8, 4) is 0 Å². The summed E-state index contributed by atoms with van der Waals surface area (Å²) in [4.78, 5) is 22.4. The number of hydrogen-bond donors (Lipinski definition) is 0. The van der Waals surface area contributed by atoms with Crippen molar-refractivity contribution in [1.29, 1.82) is 0 Å². The maximum atomic E-state index is 11.2. The van der Waals surface area contributed by atoms with Crippen molar-refractivity contribution in [3.63, 3.8) is 0 Å². The zero-order valence-electron chi connectivity index (χ0n) is 6.87. The molecule has 1 fully saturated rings. The highest BCUT2D eigenvalue weighted by Crippen LogP contribution is 2.40. The SMILES string of the molecule is COC(=O)C1=C(Br)C2CC(=O)C1O2. The van der Waals surface area contributed by atoms with Gasteiger partial charge in [0, 0.05) is 10.9 Å². The van der Waals surface area contributed by atoms with Crippen LogP contribution in [0.3, 0.4) is 0 Å². The Kier molecular flexibility index (Phi) is 2.00. The van der Waals surface area contributed by atoms with E-state index in [1.807, 2.05) is 0 Å². The minimum atomic E-state index is -0.702. The molecule has 0 aromatic rings. The first-order valence-corrected chi connectivity index (χ1v) is 4.60. The molecule has 2 atom stereocenters. The zero-order chi connectivity index (χ0) is 9.59. The number of carbonyl (C=O) groups is 2. The number of esters is 1. The Hall–Kier alpha value is -0.680. The second-order valence-corrected chi connectivity index (χ2v) is 3.78. The molecule has 2 aliphatic heterocycles. The van der Waals surface area contributed by atoms with E-state index in [2.05, 4.69) is 20.7 Å². The minimum absolute atomic E-state index is 0.0476. The van der Waals surface area contributed by atoms with Crippen LogP contribution in [0.2, 0.25) is 0 Å². The van der Waals surface area contributed by atoms with E-state index < -0.39 is 12.1 Å². The van der Waals surface area contributed by atoms with Crippen LogP contribution in [0.4, 0.5) is 0 Å². The molecule has 13 heavy (non-hydrogen) atoms. The summed E-state index contributed by atoms with van der Waals surface area (Å²) in [6.07, 6.45) is -0.621. The van der Waals surface area contributed by atoms with Gasteiger partial charge in [-0.05, 0) is 0 Å². The number of Topliss-reactive ketones (excluding diaryl/α,β-unsaturated/α-hetero) is 1. The van der Waals surface area contributed by atoms with Crippen molar-refractivity contribution in [2.45, 2.75) is 18.6 Å². The Morgan fingerprint density at radius 3 is 2.92 bits per heavy atom. The van der Waals surface area contributed by atoms with E-state index in [1.54, 1.807) is 0 Å². The Morgan fingerprint density at radius 1 is 1.69 bits per heavy atom. The van der Waals surface area contributed by atoms with Gasteiger partial charge < -0.3 is 9.47 Å². The third kappa shape index (κ3) is 1.14. The van der Waals surface area contributed by atoms with Crippen LogP contribution >= 0.6 is 15.9 Å². The quantitative estimate of drug-likeness (QED) is 0.635. The number of methoxy groups -OCH3 is 1. The highest BCUT2D eigenvalue weighted by atomic mass is 79.9. The van der Waals surface area contributed by atoms with Crippen LogP contribution < -0.4 is 0 Å². The highest BCUT2D eigenvalue weighted by Gasteiger charge is 2.48. The van der Waals surface area contributed by atoms with E-state index >= 15 is 0 Å². The Balaban J connectivity index is 2.37. The smallest absolute Gasteiger partial charge is 0.337 e. The predicted molar refractivity (Wildman–Crippen MR) is 46.3 cm³/mol. The monoisotopic (exact) mass is 246 g/mol. The lowest BCUT2D eigenvalue weighted by molar-refractivity contribution is -0.138. The van der Waals surface area contributed by atoms with Crippen molar-refractivity contribution >= 4 is 27.7 Å². The van der Waals surface area contributed by atoms with Gasteiger partial charge in [0.15, 0.2) is 5.78 Å². The third-order valence-electron chi connectivity index (χ3n) is 2.19. The number of ether oxygens (including phenoxy) is 2. The van der Waals surface area contributed by atoms with Crippen LogP contribution in [0.15, 0.2) is 10.1 Å². The number of ketones is 1. The molecule has 0 amide bonds. The molecule has 2 unspecified atom stereocenters. The average Bonchev–Trinajstić information content (AvgIpc) is 2.60. The van der Waals surface area contributed by atoms with Gasteiger partial charge in [0.2, 0.25) is 0 Å². The third-order valence-corrected chi connectivity index (χ3v) is 3.12. The lowest BCUT2D eigenvalue weighted by atomic mass is 9.98. The van der Waals surface area contributed by atoms with Crippen LogP contribution in [0, 0.1) is 0 Å². The van der Waals surface area contributed by atoms with Crippen LogP contribution in [-0.2, 0) is 19.1 Å². The van der Waals surface area contributed by atoms with Gasteiger partial charge in [0.1, 0.15) is 6.10 Å². The Labute approximate surface area is 83.0 Å². The summed E-state index contributed by atoms with van der Waals surface area (Å²) >= 11 is 3.23. The molecule has 0 aromatic carbocycles. The van der Waals surface area contributed by atoms with Crippen molar-refractivity contribution in [1.82, 2.24) is 0 Å². The number of fused-ring (bicyclic) bond motifs is 2. The summed E-state index contributed by atoms with van der Waals surface area (Å²) in [5.41, 5.74) is 0.323. The van der Waals surface area contributed by atoms with Crippen LogP contribution in [0.1, 0.15) is 6.42 Å². The molecular weight excluding hydrogens is 240 g/mol. The number of hydrogen-bond acceptors (Lipinski definition) is 4. The van der Waals surface area contributed by atoms with Crippen LogP contribution in [0.5, 0.6) is 0 Å². The molecule has 5 heteroatoms. The molecule has 0 saturated carbocycles. The molecule has 0 N–H and O–H groups in total. The predicted octanol–water partition coefficient (Wildman–Crippen LogP) is 0.549. The van der Waals surface area contributed by atoms with E-state index in [-0.39, 0.29) is 11.9 Å². The number of rotatable bonds is 1. The summed E-state index contributed by atoms with van der Waals surface area (Å²) < 4.78 is 10.5. The van der Waals surface area contributed by atoms with E-state index in [0.29, 0.717) is 16.5 Å². The zero-order valence-corrected chi connectivity index (χ0v) is 8.46. The molecule has 0 radical (unpaired) electrons. The molecular formula is C8H7BrO4. The topological polar surface area (TPSA) is 52.6 Å². The first kappa shape index (κ1) is 8.90. The fraction of sp³-hybridized carbons (Fsp3) is 0.500. The standard InChI is InChI=1S/C8H7BrO4/c1-12-8(11)5-6(9)4-2-3(10)7(5)13-4/h4,7H,2H2,1H3. The molecule has 2 bridgehead atoms. The normalized spacial score (nSPS) is 31.4. The summed E-state index contributed by atoms with van der Waals surface area (Å²) in [5, 5.41) is 0. The molecule has 70 valence electrons. The minimum Gasteiger partial charge on any atom is -0.466 e. The lowest BCUT2D eigenvalue weighted by Gasteiger charge is -2.09. The Bertz CT molecular complexity index is 320. The van der Waals surface area contributed by atoms with Crippen molar-refractivity contribution < 1.29 is 19.1 Å². The summed E-state index contributed by atoms with van der Waals surface area (Å²) in [7, 11) is 1.28. The fourth-order valence-corrected chi connectivity index (χ4v) is 2.21. The molecule has 2 aliphatic rings. The van der Waals surface area contributed by atoms with E-state index in [9.17, 15) is 9.59 Å². The van der Waals surface area contributed by atoms with E-state index in [0.717, 1.165) is 0 Å². The van der Waals surface area contributed by atoms with Gasteiger partial charge in [0.25, 0.3) is 0 Å². The van der Waals surface area contributed by atoms with Crippen molar-refractivity contribution in [3.05, 3.63) is 10.1 Å². The number of halogens is 1. The van der Waals surface area contributed by atoms with Gasteiger partial charge in [-0.3, -0.25) is 4.79 Å². The van der Waals surface area contributed by atoms with Crippen molar-refractivity contribution in [2.24, 2.45) is 0 Å². The molecule has 2 heterocycles.